The molecule has 9 heavy (non-hydrogen) atoms. The van der Waals surface area contributed by atoms with E-state index in [1.165, 1.54) is 0 Å². The van der Waals surface area contributed by atoms with Crippen LogP contribution in [-0.2, 0) is 4.79 Å². The van der Waals surface area contributed by atoms with Crippen molar-refractivity contribution in [1.82, 2.24) is 0 Å². The number of hydrogen-bond donors (Lipinski definition) is 2. The van der Waals surface area contributed by atoms with Crippen molar-refractivity contribution in [1.29, 1.82) is 0 Å². The van der Waals surface area contributed by atoms with Gasteiger partial charge in [0.2, 0.25) is 5.91 Å². The summed E-state index contributed by atoms with van der Waals surface area (Å²) < 4.78 is 0. The van der Waals surface area contributed by atoms with Crippen molar-refractivity contribution in [2.45, 2.75) is 25.3 Å². The van der Waals surface area contributed by atoms with E-state index in [0.29, 0.717) is 18.4 Å². The Kier molecular flexibility index (Phi) is 1.71. The van der Waals surface area contributed by atoms with E-state index >= 15 is 0 Å². The van der Waals surface area contributed by atoms with Crippen LogP contribution in [0, 0.1) is 5.92 Å². The third kappa shape index (κ3) is 2.01. The molecule has 0 spiro atoms. The number of primary amides is 1. The zero-order chi connectivity index (χ0) is 6.85. The molecule has 0 aromatic carbocycles. The second kappa shape index (κ2) is 2.35. The summed E-state index contributed by atoms with van der Waals surface area (Å²) in [6, 6.07) is 0.351. The van der Waals surface area contributed by atoms with Crippen LogP contribution in [0.5, 0.6) is 0 Å². The van der Waals surface area contributed by atoms with E-state index in [1.54, 1.807) is 0 Å². The monoisotopic (exact) mass is 128 g/mol. The van der Waals surface area contributed by atoms with Crippen LogP contribution in [0.2, 0.25) is 0 Å². The summed E-state index contributed by atoms with van der Waals surface area (Å²) in [6.45, 7) is 0. The number of carbonyl (C=O) groups excluding carboxylic acids is 1. The van der Waals surface area contributed by atoms with Crippen molar-refractivity contribution in [2.24, 2.45) is 17.4 Å². The van der Waals surface area contributed by atoms with Gasteiger partial charge in [-0.1, -0.05) is 0 Å². The molecule has 4 N–H and O–H groups in total. The molecule has 0 aliphatic heterocycles. The van der Waals surface area contributed by atoms with Crippen LogP contribution in [0.25, 0.3) is 0 Å². The van der Waals surface area contributed by atoms with Gasteiger partial charge in [-0.15, -0.1) is 0 Å². The zero-order valence-electron chi connectivity index (χ0n) is 5.34. The Morgan fingerprint density at radius 3 is 2.56 bits per heavy atom. The molecule has 0 aromatic rings. The van der Waals surface area contributed by atoms with Crippen molar-refractivity contribution < 1.29 is 4.79 Å². The molecule has 3 heteroatoms. The fourth-order valence-electron chi connectivity index (χ4n) is 0.931. The average Bonchev–Trinajstić information content (AvgIpc) is 2.42. The molecule has 0 radical (unpaired) electrons. The molecular formula is C6H12N2O. The lowest BCUT2D eigenvalue weighted by Gasteiger charge is -1.91. The van der Waals surface area contributed by atoms with Crippen LogP contribution in [0.4, 0.5) is 0 Å². The van der Waals surface area contributed by atoms with Crippen LogP contribution in [0.15, 0.2) is 0 Å². The quantitative estimate of drug-likeness (QED) is 0.543. The first-order valence-corrected chi connectivity index (χ1v) is 3.24. The molecule has 0 saturated heterocycles. The Bertz CT molecular complexity index is 124. The smallest absolute Gasteiger partial charge is 0.217 e. The lowest BCUT2D eigenvalue weighted by Crippen LogP contribution is -2.11. The molecule has 1 aliphatic carbocycles. The molecular weight excluding hydrogens is 116 g/mol. The molecule has 52 valence electrons. The van der Waals surface area contributed by atoms with Gasteiger partial charge in [-0.3, -0.25) is 4.79 Å². The van der Waals surface area contributed by atoms with E-state index < -0.39 is 0 Å². The second-order valence-electron chi connectivity index (χ2n) is 2.66. The van der Waals surface area contributed by atoms with Gasteiger partial charge < -0.3 is 11.5 Å². The van der Waals surface area contributed by atoms with Gasteiger partial charge in [-0.05, 0) is 18.8 Å². The Labute approximate surface area is 54.4 Å². The maximum atomic E-state index is 10.2. The second-order valence-corrected chi connectivity index (χ2v) is 2.66. The van der Waals surface area contributed by atoms with Gasteiger partial charge in [0.05, 0.1) is 0 Å². The van der Waals surface area contributed by atoms with Crippen molar-refractivity contribution in [3.05, 3.63) is 0 Å². The Hall–Kier alpha value is -0.570. The maximum absolute atomic E-state index is 10.2. The van der Waals surface area contributed by atoms with Crippen LogP contribution >= 0.6 is 0 Å². The zero-order valence-corrected chi connectivity index (χ0v) is 5.34. The van der Waals surface area contributed by atoms with Gasteiger partial charge in [0.15, 0.2) is 0 Å². The fourth-order valence-corrected chi connectivity index (χ4v) is 0.931. The third-order valence-electron chi connectivity index (χ3n) is 1.74. The topological polar surface area (TPSA) is 69.1 Å². The molecule has 1 rings (SSSR count). The van der Waals surface area contributed by atoms with E-state index in [4.69, 9.17) is 11.5 Å². The molecule has 3 nitrogen and oxygen atoms in total. The molecule has 2 atom stereocenters. The fraction of sp³-hybridized carbons (Fsp3) is 0.833. The van der Waals surface area contributed by atoms with Gasteiger partial charge in [0, 0.05) is 12.5 Å². The normalized spacial score (nSPS) is 32.1. The highest BCUT2D eigenvalue weighted by molar-refractivity contribution is 5.73. The average molecular weight is 128 g/mol. The van der Waals surface area contributed by atoms with Gasteiger partial charge in [0.1, 0.15) is 0 Å². The van der Waals surface area contributed by atoms with Crippen molar-refractivity contribution in [2.75, 3.05) is 0 Å². The molecule has 0 bridgehead atoms. The minimum atomic E-state index is -0.214. The summed E-state index contributed by atoms with van der Waals surface area (Å²) in [7, 11) is 0. The first-order chi connectivity index (χ1) is 4.20. The summed E-state index contributed by atoms with van der Waals surface area (Å²) in [5.74, 6) is 0.367. The minimum Gasteiger partial charge on any atom is -0.370 e. The van der Waals surface area contributed by atoms with Crippen molar-refractivity contribution in [3.8, 4) is 0 Å². The molecule has 0 heterocycles. The molecule has 1 fully saturated rings. The minimum absolute atomic E-state index is 0.214. The van der Waals surface area contributed by atoms with Crippen LogP contribution in [0.1, 0.15) is 19.3 Å². The van der Waals surface area contributed by atoms with E-state index in [2.05, 4.69) is 0 Å². The predicted octanol–water partition coefficient (Wildman–Crippen LogP) is -0.401. The largest absolute Gasteiger partial charge is 0.370 e. The third-order valence-corrected chi connectivity index (χ3v) is 1.74. The van der Waals surface area contributed by atoms with Crippen LogP contribution in [-0.4, -0.2) is 11.9 Å². The number of carbonyl (C=O) groups is 1. The van der Waals surface area contributed by atoms with E-state index in [9.17, 15) is 4.79 Å². The summed E-state index contributed by atoms with van der Waals surface area (Å²) >= 11 is 0. The Morgan fingerprint density at radius 2 is 2.22 bits per heavy atom. The highest BCUT2D eigenvalue weighted by Gasteiger charge is 2.32. The summed E-state index contributed by atoms with van der Waals surface area (Å²) in [5.41, 5.74) is 10.4. The first kappa shape index (κ1) is 6.55. The highest BCUT2D eigenvalue weighted by Crippen LogP contribution is 2.31. The van der Waals surface area contributed by atoms with Gasteiger partial charge >= 0.3 is 0 Å². The molecule has 1 amide bonds. The van der Waals surface area contributed by atoms with Crippen LogP contribution in [0.3, 0.4) is 0 Å². The molecule has 1 saturated carbocycles. The first-order valence-electron chi connectivity index (χ1n) is 3.24. The Balaban J connectivity index is 2.00. The maximum Gasteiger partial charge on any atom is 0.217 e. The van der Waals surface area contributed by atoms with Gasteiger partial charge in [-0.2, -0.15) is 0 Å². The summed E-state index contributed by atoms with van der Waals surface area (Å²) in [5, 5.41) is 0. The predicted molar refractivity (Wildman–Crippen MR) is 34.5 cm³/mol. The summed E-state index contributed by atoms with van der Waals surface area (Å²) in [6.07, 6.45) is 2.46. The lowest BCUT2D eigenvalue weighted by atomic mass is 10.2. The van der Waals surface area contributed by atoms with E-state index in [1.807, 2.05) is 0 Å². The highest BCUT2D eigenvalue weighted by atomic mass is 16.1. The van der Waals surface area contributed by atoms with Crippen molar-refractivity contribution >= 4 is 5.91 Å². The molecule has 2 unspecified atom stereocenters. The van der Waals surface area contributed by atoms with Gasteiger partial charge in [0.25, 0.3) is 0 Å². The van der Waals surface area contributed by atoms with Gasteiger partial charge in [-0.25, -0.2) is 0 Å². The van der Waals surface area contributed by atoms with Crippen LogP contribution < -0.4 is 11.5 Å². The Morgan fingerprint density at radius 1 is 1.67 bits per heavy atom. The lowest BCUT2D eigenvalue weighted by molar-refractivity contribution is -0.118. The van der Waals surface area contributed by atoms with E-state index in [-0.39, 0.29) is 5.91 Å². The molecule has 1 aliphatic rings. The number of rotatable bonds is 3. The summed E-state index contributed by atoms with van der Waals surface area (Å²) in [4.78, 5) is 10.2. The van der Waals surface area contributed by atoms with Crippen molar-refractivity contribution in [3.63, 3.8) is 0 Å². The standard InChI is InChI=1S/C6H12N2O/c7-5-3-4(5)1-2-6(8)9/h4-5H,1-3,7H2,(H2,8,9). The number of hydrogen-bond acceptors (Lipinski definition) is 2. The SMILES string of the molecule is NC(=O)CCC1CC1N. The number of nitrogens with two attached hydrogens (primary N) is 2. The number of amides is 1. The van der Waals surface area contributed by atoms with E-state index in [0.717, 1.165) is 12.8 Å². The molecule has 0 aromatic heterocycles.